The number of amides is 1. The predicted octanol–water partition coefficient (Wildman–Crippen LogP) is 3.00. The molecule has 0 spiro atoms. The van der Waals surface area contributed by atoms with Crippen molar-refractivity contribution in [3.8, 4) is 0 Å². The smallest absolute Gasteiger partial charge is 0.408 e. The molecule has 0 unspecified atom stereocenters. The molecule has 0 aliphatic rings. The zero-order valence-electron chi connectivity index (χ0n) is 8.97. The Kier molecular flexibility index (Phi) is 4.53. The van der Waals surface area contributed by atoms with Crippen LogP contribution in [0.3, 0.4) is 0 Å². The van der Waals surface area contributed by atoms with Gasteiger partial charge in [-0.2, -0.15) is 0 Å². The highest BCUT2D eigenvalue weighted by molar-refractivity contribution is 6.19. The Morgan fingerprint density at radius 1 is 1.14 bits per heavy atom. The first-order chi connectivity index (χ1) is 6.19. The van der Waals surface area contributed by atoms with E-state index in [0.29, 0.717) is 0 Å². The normalized spacial score (nSPS) is 12.7. The summed E-state index contributed by atoms with van der Waals surface area (Å²) < 4.78 is 0. The molecular weight excluding hydrogens is 225 g/mol. The maximum atomic E-state index is 11.1. The van der Waals surface area contributed by atoms with Gasteiger partial charge in [-0.1, -0.05) is 0 Å². The molecule has 0 bridgehead atoms. The molecule has 0 rings (SSSR count). The van der Waals surface area contributed by atoms with Gasteiger partial charge in [0.25, 0.3) is 0 Å². The van der Waals surface area contributed by atoms with Gasteiger partial charge in [0, 0.05) is 11.8 Å². The Bertz CT molecular complexity index is 201. The minimum Gasteiger partial charge on any atom is -0.465 e. The molecule has 84 valence electrons. The molecule has 0 aliphatic carbocycles. The molecule has 0 fully saturated rings. The SMILES string of the molecule is CC(C)(CCl)N(C(=O)O)C(C)(C)CCl. The van der Waals surface area contributed by atoms with Crippen molar-refractivity contribution in [1.82, 2.24) is 4.90 Å². The maximum absolute atomic E-state index is 11.1. The van der Waals surface area contributed by atoms with E-state index in [-0.39, 0.29) is 11.8 Å². The highest BCUT2D eigenvalue weighted by Crippen LogP contribution is 2.27. The molecule has 0 aliphatic heterocycles. The van der Waals surface area contributed by atoms with Crippen LogP contribution in [0.15, 0.2) is 0 Å². The summed E-state index contributed by atoms with van der Waals surface area (Å²) >= 11 is 11.5. The van der Waals surface area contributed by atoms with Gasteiger partial charge < -0.3 is 5.11 Å². The zero-order valence-corrected chi connectivity index (χ0v) is 10.5. The monoisotopic (exact) mass is 241 g/mol. The Labute approximate surface area is 95.0 Å². The van der Waals surface area contributed by atoms with Crippen LogP contribution in [-0.4, -0.2) is 38.9 Å². The number of halogens is 2. The summed E-state index contributed by atoms with van der Waals surface area (Å²) in [7, 11) is 0. The van der Waals surface area contributed by atoms with Crippen LogP contribution in [0.1, 0.15) is 27.7 Å². The van der Waals surface area contributed by atoms with E-state index in [1.807, 2.05) is 0 Å². The Morgan fingerprint density at radius 3 is 1.57 bits per heavy atom. The topological polar surface area (TPSA) is 40.5 Å². The van der Waals surface area contributed by atoms with E-state index >= 15 is 0 Å². The van der Waals surface area contributed by atoms with Gasteiger partial charge in [0.1, 0.15) is 0 Å². The first kappa shape index (κ1) is 13.8. The van der Waals surface area contributed by atoms with Crippen LogP contribution in [-0.2, 0) is 0 Å². The van der Waals surface area contributed by atoms with Crippen LogP contribution >= 0.6 is 23.2 Å². The Balaban J connectivity index is 5.06. The van der Waals surface area contributed by atoms with E-state index in [2.05, 4.69) is 0 Å². The number of hydrogen-bond donors (Lipinski definition) is 1. The van der Waals surface area contributed by atoms with E-state index < -0.39 is 17.2 Å². The van der Waals surface area contributed by atoms with Gasteiger partial charge in [0.05, 0.1) is 11.1 Å². The largest absolute Gasteiger partial charge is 0.465 e. The van der Waals surface area contributed by atoms with Gasteiger partial charge in [-0.25, -0.2) is 4.79 Å². The third kappa shape index (κ3) is 2.92. The molecule has 0 aromatic carbocycles. The molecule has 1 N–H and O–H groups in total. The average Bonchev–Trinajstić information content (AvgIpc) is 2.02. The summed E-state index contributed by atoms with van der Waals surface area (Å²) in [6.45, 7) is 7.12. The van der Waals surface area contributed by atoms with Crippen molar-refractivity contribution >= 4 is 29.3 Å². The standard InChI is InChI=1S/C9H17Cl2NO2/c1-8(2,5-10)12(7(13)14)9(3,4)6-11/h5-6H2,1-4H3,(H,13,14). The molecule has 0 radical (unpaired) electrons. The van der Waals surface area contributed by atoms with Crippen molar-refractivity contribution in [2.45, 2.75) is 38.8 Å². The summed E-state index contributed by atoms with van der Waals surface area (Å²) in [5, 5.41) is 9.12. The molecule has 3 nitrogen and oxygen atoms in total. The van der Waals surface area contributed by atoms with Crippen LogP contribution in [0.4, 0.5) is 4.79 Å². The number of alkyl halides is 2. The van der Waals surface area contributed by atoms with Crippen molar-refractivity contribution in [2.24, 2.45) is 0 Å². The second-order valence-corrected chi connectivity index (χ2v) is 5.04. The second kappa shape index (κ2) is 4.58. The molecule has 14 heavy (non-hydrogen) atoms. The van der Waals surface area contributed by atoms with Crippen molar-refractivity contribution in [3.05, 3.63) is 0 Å². The highest BCUT2D eigenvalue weighted by atomic mass is 35.5. The third-order valence-corrected chi connectivity index (χ3v) is 3.36. The number of carboxylic acid groups (broad SMARTS) is 1. The van der Waals surface area contributed by atoms with Crippen LogP contribution in [0.2, 0.25) is 0 Å². The van der Waals surface area contributed by atoms with Crippen molar-refractivity contribution in [1.29, 1.82) is 0 Å². The molecule has 0 heterocycles. The van der Waals surface area contributed by atoms with Crippen LogP contribution in [0.25, 0.3) is 0 Å². The molecule has 0 saturated heterocycles. The predicted molar refractivity (Wildman–Crippen MR) is 59.5 cm³/mol. The molecular formula is C9H17Cl2NO2. The molecule has 0 atom stereocenters. The van der Waals surface area contributed by atoms with Gasteiger partial charge in [-0.3, -0.25) is 4.90 Å². The minimum atomic E-state index is -0.999. The first-order valence-electron chi connectivity index (χ1n) is 4.34. The summed E-state index contributed by atoms with van der Waals surface area (Å²) in [5.41, 5.74) is -1.24. The lowest BCUT2D eigenvalue weighted by molar-refractivity contribution is 0.0449. The van der Waals surface area contributed by atoms with Crippen molar-refractivity contribution in [3.63, 3.8) is 0 Å². The molecule has 0 aromatic rings. The lowest BCUT2D eigenvalue weighted by Crippen LogP contribution is -2.59. The summed E-state index contributed by atoms with van der Waals surface area (Å²) in [6.07, 6.45) is -0.999. The van der Waals surface area contributed by atoms with E-state index in [1.165, 1.54) is 4.90 Å². The summed E-state index contributed by atoms with van der Waals surface area (Å²) in [4.78, 5) is 12.4. The average molecular weight is 242 g/mol. The van der Waals surface area contributed by atoms with E-state index in [0.717, 1.165) is 0 Å². The number of carbonyl (C=O) groups is 1. The number of rotatable bonds is 4. The van der Waals surface area contributed by atoms with Crippen molar-refractivity contribution < 1.29 is 9.90 Å². The van der Waals surface area contributed by atoms with E-state index in [1.54, 1.807) is 27.7 Å². The fourth-order valence-corrected chi connectivity index (χ4v) is 1.70. The van der Waals surface area contributed by atoms with Crippen molar-refractivity contribution in [2.75, 3.05) is 11.8 Å². The minimum absolute atomic E-state index is 0.236. The lowest BCUT2D eigenvalue weighted by Gasteiger charge is -2.45. The summed E-state index contributed by atoms with van der Waals surface area (Å²) in [5.74, 6) is 0.471. The van der Waals surface area contributed by atoms with Crippen LogP contribution < -0.4 is 0 Å². The third-order valence-electron chi connectivity index (χ3n) is 2.06. The molecule has 1 amide bonds. The molecule has 0 aromatic heterocycles. The first-order valence-corrected chi connectivity index (χ1v) is 5.41. The lowest BCUT2D eigenvalue weighted by atomic mass is 9.96. The maximum Gasteiger partial charge on any atom is 0.408 e. The van der Waals surface area contributed by atoms with E-state index in [9.17, 15) is 4.79 Å². The van der Waals surface area contributed by atoms with Gasteiger partial charge in [-0.15, -0.1) is 23.2 Å². The highest BCUT2D eigenvalue weighted by Gasteiger charge is 2.40. The molecule has 0 saturated carbocycles. The number of nitrogens with zero attached hydrogens (tertiary/aromatic N) is 1. The second-order valence-electron chi connectivity index (χ2n) is 4.51. The van der Waals surface area contributed by atoms with Crippen LogP contribution in [0, 0.1) is 0 Å². The number of hydrogen-bond acceptors (Lipinski definition) is 1. The summed E-state index contributed by atoms with van der Waals surface area (Å²) in [6, 6.07) is 0. The molecule has 5 heteroatoms. The zero-order chi connectivity index (χ0) is 11.6. The Hall–Kier alpha value is -0.150. The fourth-order valence-electron chi connectivity index (χ4n) is 1.46. The van der Waals surface area contributed by atoms with Gasteiger partial charge >= 0.3 is 6.09 Å². The Morgan fingerprint density at radius 2 is 1.43 bits per heavy atom. The van der Waals surface area contributed by atoms with Gasteiger partial charge in [-0.05, 0) is 27.7 Å². The van der Waals surface area contributed by atoms with Crippen LogP contribution in [0.5, 0.6) is 0 Å². The fraction of sp³-hybridized carbons (Fsp3) is 0.889. The van der Waals surface area contributed by atoms with E-state index in [4.69, 9.17) is 28.3 Å². The van der Waals surface area contributed by atoms with Gasteiger partial charge in [0.15, 0.2) is 0 Å². The van der Waals surface area contributed by atoms with Gasteiger partial charge in [0.2, 0.25) is 0 Å². The quantitative estimate of drug-likeness (QED) is 0.770.